The van der Waals surface area contributed by atoms with E-state index in [1.165, 1.54) is 23.0 Å². The number of nitrogen functional groups attached to an aromatic ring is 1. The number of anilines is 2. The minimum Gasteiger partial charge on any atom is -0.393 e. The SMILES string of the molecule is Nc1ncnn2c1c(-c1ccc(NC(=O)c3cccn(-c4ccccc4)c3=O)cc1F)cc2[C@H]1CC[C@H](O)CC1. The first-order valence-corrected chi connectivity index (χ1v) is 13.1. The zero-order valence-corrected chi connectivity index (χ0v) is 21.5. The third kappa shape index (κ3) is 4.62. The van der Waals surface area contributed by atoms with Crippen molar-refractivity contribution in [1.82, 2.24) is 19.2 Å². The van der Waals surface area contributed by atoms with E-state index in [2.05, 4.69) is 15.4 Å². The molecule has 4 N–H and O–H groups in total. The number of nitrogens with one attached hydrogen (secondary N) is 1. The number of para-hydroxylation sites is 1. The topological polar surface area (TPSA) is 128 Å². The summed E-state index contributed by atoms with van der Waals surface area (Å²) in [6.45, 7) is 0. The molecule has 10 heteroatoms. The second-order valence-electron chi connectivity index (χ2n) is 9.98. The Balaban J connectivity index is 1.31. The van der Waals surface area contributed by atoms with Crippen LogP contribution in [0.15, 0.2) is 84.0 Å². The lowest BCUT2D eigenvalue weighted by Gasteiger charge is -2.24. The molecule has 202 valence electrons. The number of aliphatic hydroxyl groups excluding tert-OH is 1. The van der Waals surface area contributed by atoms with Gasteiger partial charge in [-0.3, -0.25) is 14.2 Å². The highest BCUT2D eigenvalue weighted by molar-refractivity contribution is 6.04. The van der Waals surface area contributed by atoms with E-state index in [1.54, 1.807) is 53.2 Å². The lowest BCUT2D eigenvalue weighted by atomic mass is 9.85. The monoisotopic (exact) mass is 538 g/mol. The van der Waals surface area contributed by atoms with E-state index in [1.807, 2.05) is 12.1 Å². The third-order valence-electron chi connectivity index (χ3n) is 7.47. The van der Waals surface area contributed by atoms with Gasteiger partial charge in [-0.15, -0.1) is 0 Å². The van der Waals surface area contributed by atoms with Crippen LogP contribution in [-0.2, 0) is 0 Å². The molecular weight excluding hydrogens is 511 g/mol. The Morgan fingerprint density at radius 1 is 1.00 bits per heavy atom. The zero-order chi connectivity index (χ0) is 27.8. The number of aliphatic hydroxyl groups is 1. The average Bonchev–Trinajstić information content (AvgIpc) is 3.35. The van der Waals surface area contributed by atoms with Gasteiger partial charge in [0.05, 0.1) is 6.10 Å². The molecule has 1 amide bonds. The summed E-state index contributed by atoms with van der Waals surface area (Å²) in [4.78, 5) is 30.1. The number of rotatable bonds is 5. The van der Waals surface area contributed by atoms with Crippen LogP contribution in [0.4, 0.5) is 15.9 Å². The van der Waals surface area contributed by atoms with E-state index in [0.717, 1.165) is 18.5 Å². The van der Waals surface area contributed by atoms with Crippen molar-refractivity contribution >= 4 is 22.9 Å². The van der Waals surface area contributed by atoms with E-state index >= 15 is 4.39 Å². The summed E-state index contributed by atoms with van der Waals surface area (Å²) in [6, 6.07) is 18.3. The molecule has 6 rings (SSSR count). The summed E-state index contributed by atoms with van der Waals surface area (Å²) in [5, 5.41) is 17.0. The molecule has 0 unspecified atom stereocenters. The van der Waals surface area contributed by atoms with Gasteiger partial charge in [0.25, 0.3) is 11.5 Å². The molecule has 0 saturated heterocycles. The fourth-order valence-electron chi connectivity index (χ4n) is 5.43. The molecular formula is C30H27FN6O3. The van der Waals surface area contributed by atoms with Crippen LogP contribution in [0, 0.1) is 5.82 Å². The van der Waals surface area contributed by atoms with Gasteiger partial charge in [0.1, 0.15) is 23.2 Å². The average molecular weight is 539 g/mol. The van der Waals surface area contributed by atoms with Crippen LogP contribution in [0.3, 0.4) is 0 Å². The Morgan fingerprint density at radius 3 is 2.52 bits per heavy atom. The third-order valence-corrected chi connectivity index (χ3v) is 7.47. The number of carbonyl (C=O) groups excluding carboxylic acids is 1. The Labute approximate surface area is 228 Å². The molecule has 1 fully saturated rings. The summed E-state index contributed by atoms with van der Waals surface area (Å²) in [7, 11) is 0. The Kier molecular flexibility index (Phi) is 6.61. The molecule has 3 aromatic heterocycles. The molecule has 5 aromatic rings. The number of amides is 1. The van der Waals surface area contributed by atoms with Crippen LogP contribution in [-0.4, -0.2) is 36.3 Å². The van der Waals surface area contributed by atoms with Crippen molar-refractivity contribution in [2.24, 2.45) is 0 Å². The highest BCUT2D eigenvalue weighted by Gasteiger charge is 2.27. The summed E-state index contributed by atoms with van der Waals surface area (Å²) in [5.41, 5.74) is 8.72. The number of halogens is 1. The Bertz CT molecular complexity index is 1770. The van der Waals surface area contributed by atoms with Crippen molar-refractivity contribution in [2.45, 2.75) is 37.7 Å². The highest BCUT2D eigenvalue weighted by Crippen LogP contribution is 2.39. The number of pyridine rings is 1. The minimum absolute atomic E-state index is 0.0681. The number of aromatic nitrogens is 4. The maximum atomic E-state index is 15.6. The second kappa shape index (κ2) is 10.4. The van der Waals surface area contributed by atoms with Gasteiger partial charge >= 0.3 is 0 Å². The van der Waals surface area contributed by atoms with Crippen LogP contribution in [0.5, 0.6) is 0 Å². The van der Waals surface area contributed by atoms with Gasteiger partial charge in [-0.25, -0.2) is 13.9 Å². The van der Waals surface area contributed by atoms with Crippen molar-refractivity contribution < 1.29 is 14.3 Å². The van der Waals surface area contributed by atoms with Gasteiger partial charge in [-0.05, 0) is 74.2 Å². The first-order valence-electron chi connectivity index (χ1n) is 13.1. The first kappa shape index (κ1) is 25.4. The Morgan fingerprint density at radius 2 is 1.77 bits per heavy atom. The van der Waals surface area contributed by atoms with E-state index in [9.17, 15) is 14.7 Å². The molecule has 9 nitrogen and oxygen atoms in total. The number of fused-ring (bicyclic) bond motifs is 1. The summed E-state index contributed by atoms with van der Waals surface area (Å²) < 4.78 is 18.7. The van der Waals surface area contributed by atoms with Gasteiger partial charge in [0.15, 0.2) is 5.82 Å². The number of nitrogens with zero attached hydrogens (tertiary/aromatic N) is 4. The number of benzene rings is 2. The van der Waals surface area contributed by atoms with Gasteiger partial charge in [0, 0.05) is 40.3 Å². The molecule has 2 aromatic carbocycles. The molecule has 1 aliphatic rings. The molecule has 0 radical (unpaired) electrons. The maximum absolute atomic E-state index is 15.6. The quantitative estimate of drug-likeness (QED) is 0.302. The van der Waals surface area contributed by atoms with Crippen molar-refractivity contribution in [3.05, 3.63) is 107 Å². The van der Waals surface area contributed by atoms with Crippen LogP contribution in [0.2, 0.25) is 0 Å². The van der Waals surface area contributed by atoms with Crippen molar-refractivity contribution in [3.63, 3.8) is 0 Å². The van der Waals surface area contributed by atoms with Crippen molar-refractivity contribution in [1.29, 1.82) is 0 Å². The lowest BCUT2D eigenvalue weighted by molar-refractivity contribution is 0.102. The van der Waals surface area contributed by atoms with Crippen LogP contribution < -0.4 is 16.6 Å². The number of hydrogen-bond acceptors (Lipinski definition) is 6. The smallest absolute Gasteiger partial charge is 0.267 e. The molecule has 1 saturated carbocycles. The minimum atomic E-state index is -0.642. The Hall–Kier alpha value is -4.83. The fourth-order valence-corrected chi connectivity index (χ4v) is 5.43. The van der Waals surface area contributed by atoms with Crippen molar-refractivity contribution in [2.75, 3.05) is 11.1 Å². The number of hydrogen-bond donors (Lipinski definition) is 3. The highest BCUT2D eigenvalue weighted by atomic mass is 19.1. The standard InChI is InChI=1S/C30H27FN6O3/c31-25-15-19(35-29(39)23-7-4-14-36(30(23)40)20-5-2-1-3-6-20)10-13-22(25)24-16-26(18-8-11-21(38)12-9-18)37-27(24)28(32)33-17-34-37/h1-7,10,13-18,21,38H,8-9,11-12H2,(H,35,39)(H2,32,33,34)/t18-,21-. The molecule has 1 aliphatic carbocycles. The lowest BCUT2D eigenvalue weighted by Crippen LogP contribution is -2.27. The van der Waals surface area contributed by atoms with Crippen LogP contribution in [0.25, 0.3) is 22.3 Å². The normalized spacial score (nSPS) is 17.1. The summed E-state index contributed by atoms with van der Waals surface area (Å²) in [6.07, 6.45) is 5.61. The molecule has 40 heavy (non-hydrogen) atoms. The van der Waals surface area contributed by atoms with Gasteiger partial charge in [0.2, 0.25) is 0 Å². The molecule has 0 aliphatic heterocycles. The molecule has 3 heterocycles. The van der Waals surface area contributed by atoms with Crippen molar-refractivity contribution in [3.8, 4) is 16.8 Å². The van der Waals surface area contributed by atoms with E-state index < -0.39 is 17.3 Å². The van der Waals surface area contributed by atoms with E-state index in [0.29, 0.717) is 29.6 Å². The van der Waals surface area contributed by atoms with Gasteiger partial charge in [-0.2, -0.15) is 5.10 Å². The van der Waals surface area contributed by atoms with Gasteiger partial charge < -0.3 is 16.2 Å². The summed E-state index contributed by atoms with van der Waals surface area (Å²) >= 11 is 0. The fraction of sp³-hybridized carbons (Fsp3) is 0.200. The van der Waals surface area contributed by atoms with Crippen LogP contribution in [0.1, 0.15) is 47.7 Å². The molecule has 0 spiro atoms. The molecule has 0 atom stereocenters. The number of carbonyl (C=O) groups is 1. The predicted octanol–water partition coefficient (Wildman–Crippen LogP) is 4.54. The van der Waals surface area contributed by atoms with Gasteiger partial charge in [-0.1, -0.05) is 18.2 Å². The second-order valence-corrected chi connectivity index (χ2v) is 9.98. The first-order chi connectivity index (χ1) is 19.4. The van der Waals surface area contributed by atoms with Crippen LogP contribution >= 0.6 is 0 Å². The van der Waals surface area contributed by atoms with E-state index in [-0.39, 0.29) is 34.7 Å². The molecule has 0 bridgehead atoms. The number of nitrogens with two attached hydrogens (primary N) is 1. The predicted molar refractivity (Wildman–Crippen MR) is 150 cm³/mol. The maximum Gasteiger partial charge on any atom is 0.267 e. The largest absolute Gasteiger partial charge is 0.393 e. The van der Waals surface area contributed by atoms with E-state index in [4.69, 9.17) is 5.73 Å². The zero-order valence-electron chi connectivity index (χ0n) is 21.5. The summed E-state index contributed by atoms with van der Waals surface area (Å²) in [5.74, 6) is -0.848.